The van der Waals surface area contributed by atoms with Crippen LogP contribution < -0.4 is 0 Å². The van der Waals surface area contributed by atoms with Crippen molar-refractivity contribution in [2.24, 2.45) is 0 Å². The molecule has 2 aromatic rings. The van der Waals surface area contributed by atoms with E-state index in [1.807, 2.05) is 0 Å². The summed E-state index contributed by atoms with van der Waals surface area (Å²) in [5.41, 5.74) is 0.104. The quantitative estimate of drug-likeness (QED) is 0.894. The van der Waals surface area contributed by atoms with Gasteiger partial charge in [0, 0.05) is 12.6 Å². The number of hydrogen-bond acceptors (Lipinski definition) is 6. The number of hydrogen-bond donors (Lipinski definition) is 1. The zero-order valence-electron chi connectivity index (χ0n) is 10.9. The van der Waals surface area contributed by atoms with Crippen LogP contribution in [0.2, 0.25) is 0 Å². The minimum absolute atomic E-state index is 0.0168. The molecule has 0 saturated carbocycles. The lowest BCUT2D eigenvalue weighted by Crippen LogP contribution is -2.48. The number of nitrogens with zero attached hydrogens (tertiary/aromatic N) is 2. The first kappa shape index (κ1) is 13.4. The smallest absolute Gasteiger partial charge is 0.334 e. The molecule has 1 saturated heterocycles. The first-order valence-electron chi connectivity index (χ1n) is 6.29. The number of carbonyl (C=O) groups excluding carboxylic acids is 1. The number of amides is 1. The molecule has 1 fully saturated rings. The Morgan fingerprint density at radius 2 is 2.24 bits per heavy atom. The van der Waals surface area contributed by atoms with Crippen LogP contribution in [0.25, 0.3) is 11.5 Å². The minimum Gasteiger partial charge on any atom is -0.479 e. The van der Waals surface area contributed by atoms with E-state index in [0.29, 0.717) is 18.1 Å². The highest BCUT2D eigenvalue weighted by Gasteiger charge is 2.30. The van der Waals surface area contributed by atoms with Crippen LogP contribution in [-0.4, -0.2) is 52.8 Å². The summed E-state index contributed by atoms with van der Waals surface area (Å²) in [6.07, 6.45) is 0.470. The van der Waals surface area contributed by atoms with E-state index in [9.17, 15) is 9.59 Å². The lowest BCUT2D eigenvalue weighted by atomic mass is 10.2. The Labute approximate surface area is 118 Å². The summed E-state index contributed by atoms with van der Waals surface area (Å²) in [6, 6.07) is 4.84. The third-order valence-electron chi connectivity index (χ3n) is 3.12. The van der Waals surface area contributed by atoms with Crippen molar-refractivity contribution in [1.29, 1.82) is 0 Å². The van der Waals surface area contributed by atoms with Gasteiger partial charge in [0.15, 0.2) is 17.6 Å². The molecule has 1 aliphatic heterocycles. The van der Waals surface area contributed by atoms with Crippen LogP contribution in [0, 0.1) is 0 Å². The summed E-state index contributed by atoms with van der Waals surface area (Å²) in [6.45, 7) is 0.467. The van der Waals surface area contributed by atoms with Crippen LogP contribution in [0.3, 0.4) is 0 Å². The van der Waals surface area contributed by atoms with E-state index in [1.54, 1.807) is 12.1 Å². The number of carboxylic acids is 1. The number of morpholine rings is 1. The van der Waals surface area contributed by atoms with E-state index in [0.717, 1.165) is 0 Å². The number of aromatic nitrogens is 1. The third-order valence-corrected chi connectivity index (χ3v) is 3.12. The number of carbonyl (C=O) groups is 2. The molecule has 2 aromatic heterocycles. The molecule has 0 aromatic carbocycles. The van der Waals surface area contributed by atoms with Crippen molar-refractivity contribution in [1.82, 2.24) is 10.1 Å². The number of ether oxygens (including phenoxy) is 1. The molecule has 3 heterocycles. The normalized spacial score (nSPS) is 18.7. The van der Waals surface area contributed by atoms with Crippen molar-refractivity contribution < 1.29 is 28.4 Å². The molecular weight excluding hydrogens is 280 g/mol. The van der Waals surface area contributed by atoms with Crippen molar-refractivity contribution in [2.45, 2.75) is 6.10 Å². The first-order valence-corrected chi connectivity index (χ1v) is 6.29. The third kappa shape index (κ3) is 2.65. The Morgan fingerprint density at radius 3 is 2.95 bits per heavy atom. The molecule has 1 N–H and O–H groups in total. The second kappa shape index (κ2) is 5.41. The van der Waals surface area contributed by atoms with Crippen molar-refractivity contribution >= 4 is 11.9 Å². The molecule has 0 radical (unpaired) electrons. The van der Waals surface area contributed by atoms with Gasteiger partial charge in [-0.25, -0.2) is 4.79 Å². The van der Waals surface area contributed by atoms with Crippen molar-refractivity contribution in [3.05, 3.63) is 30.2 Å². The first-order chi connectivity index (χ1) is 10.1. The fourth-order valence-electron chi connectivity index (χ4n) is 2.06. The van der Waals surface area contributed by atoms with E-state index in [1.165, 1.54) is 17.2 Å². The number of rotatable bonds is 3. The van der Waals surface area contributed by atoms with Crippen LogP contribution in [0.1, 0.15) is 10.5 Å². The molecule has 0 unspecified atom stereocenters. The van der Waals surface area contributed by atoms with Crippen LogP contribution in [-0.2, 0) is 9.53 Å². The summed E-state index contributed by atoms with van der Waals surface area (Å²) in [4.78, 5) is 24.6. The monoisotopic (exact) mass is 292 g/mol. The van der Waals surface area contributed by atoms with Gasteiger partial charge in [0.2, 0.25) is 5.76 Å². The zero-order valence-corrected chi connectivity index (χ0v) is 10.9. The topological polar surface area (TPSA) is 106 Å². The Kier molecular flexibility index (Phi) is 3.44. The molecule has 0 aliphatic carbocycles. The average molecular weight is 292 g/mol. The van der Waals surface area contributed by atoms with Gasteiger partial charge in [0.25, 0.3) is 5.91 Å². The van der Waals surface area contributed by atoms with Crippen molar-refractivity contribution in [2.75, 3.05) is 19.7 Å². The molecular formula is C13H12N2O6. The predicted octanol–water partition coefficient (Wildman–Crippen LogP) is 0.860. The van der Waals surface area contributed by atoms with E-state index in [2.05, 4.69) is 5.16 Å². The number of aliphatic carboxylic acids is 1. The summed E-state index contributed by atoms with van der Waals surface area (Å²) in [5, 5.41) is 12.6. The lowest BCUT2D eigenvalue weighted by molar-refractivity contribution is -0.154. The standard InChI is InChI=1S/C13H12N2O6/c16-12(15-3-5-20-11(7-15)13(17)18)8-6-10(21-14-8)9-2-1-4-19-9/h1-2,4,6,11H,3,5,7H2,(H,17,18)/t11-/m0/s1. The Hall–Kier alpha value is -2.61. The van der Waals surface area contributed by atoms with Gasteiger partial charge in [-0.15, -0.1) is 0 Å². The summed E-state index contributed by atoms with van der Waals surface area (Å²) >= 11 is 0. The van der Waals surface area contributed by atoms with E-state index < -0.39 is 18.0 Å². The van der Waals surface area contributed by atoms with Crippen LogP contribution in [0.5, 0.6) is 0 Å². The zero-order chi connectivity index (χ0) is 14.8. The van der Waals surface area contributed by atoms with Gasteiger partial charge in [-0.2, -0.15) is 0 Å². The molecule has 1 atom stereocenters. The van der Waals surface area contributed by atoms with Gasteiger partial charge in [-0.05, 0) is 12.1 Å². The molecule has 0 spiro atoms. The maximum Gasteiger partial charge on any atom is 0.334 e. The number of furan rings is 1. The highest BCUT2D eigenvalue weighted by Crippen LogP contribution is 2.21. The van der Waals surface area contributed by atoms with Crippen LogP contribution in [0.15, 0.2) is 33.4 Å². The SMILES string of the molecule is O=C(O)[C@@H]1CN(C(=O)c2cc(-c3ccco3)on2)CCO1. The number of carboxylic acid groups (broad SMARTS) is 1. The van der Waals surface area contributed by atoms with Gasteiger partial charge in [-0.1, -0.05) is 5.16 Å². The lowest BCUT2D eigenvalue weighted by Gasteiger charge is -2.30. The fraction of sp³-hybridized carbons (Fsp3) is 0.308. The van der Waals surface area contributed by atoms with Gasteiger partial charge in [0.05, 0.1) is 19.4 Å². The van der Waals surface area contributed by atoms with Gasteiger partial charge in [0.1, 0.15) is 0 Å². The van der Waals surface area contributed by atoms with E-state index >= 15 is 0 Å². The maximum atomic E-state index is 12.3. The van der Waals surface area contributed by atoms with E-state index in [-0.39, 0.29) is 18.8 Å². The second-order valence-corrected chi connectivity index (χ2v) is 4.50. The highest BCUT2D eigenvalue weighted by atomic mass is 16.5. The fourth-order valence-corrected chi connectivity index (χ4v) is 2.06. The average Bonchev–Trinajstić information content (AvgIpc) is 3.17. The summed E-state index contributed by atoms with van der Waals surface area (Å²) < 4.78 is 15.3. The summed E-state index contributed by atoms with van der Waals surface area (Å²) in [5.74, 6) is -0.687. The minimum atomic E-state index is -1.09. The highest BCUT2D eigenvalue weighted by molar-refractivity contribution is 5.93. The molecule has 8 heteroatoms. The molecule has 21 heavy (non-hydrogen) atoms. The maximum absolute atomic E-state index is 12.3. The molecule has 3 rings (SSSR count). The molecule has 8 nitrogen and oxygen atoms in total. The van der Waals surface area contributed by atoms with Gasteiger partial charge >= 0.3 is 5.97 Å². The van der Waals surface area contributed by atoms with E-state index in [4.69, 9.17) is 18.8 Å². The van der Waals surface area contributed by atoms with Gasteiger partial charge < -0.3 is 23.7 Å². The largest absolute Gasteiger partial charge is 0.479 e. The van der Waals surface area contributed by atoms with Crippen molar-refractivity contribution in [3.63, 3.8) is 0 Å². The Balaban J connectivity index is 1.74. The summed E-state index contributed by atoms with van der Waals surface area (Å²) in [7, 11) is 0. The van der Waals surface area contributed by atoms with Crippen LogP contribution >= 0.6 is 0 Å². The molecule has 110 valence electrons. The van der Waals surface area contributed by atoms with Gasteiger partial charge in [-0.3, -0.25) is 4.79 Å². The molecule has 1 amide bonds. The Bertz CT molecular complexity index is 647. The Morgan fingerprint density at radius 1 is 1.38 bits per heavy atom. The van der Waals surface area contributed by atoms with Crippen molar-refractivity contribution in [3.8, 4) is 11.5 Å². The van der Waals surface area contributed by atoms with Crippen LogP contribution in [0.4, 0.5) is 0 Å². The molecule has 1 aliphatic rings. The molecule has 0 bridgehead atoms. The predicted molar refractivity (Wildman–Crippen MR) is 67.5 cm³/mol. The second-order valence-electron chi connectivity index (χ2n) is 4.50.